The van der Waals surface area contributed by atoms with Crippen LogP contribution in [0.1, 0.15) is 164 Å². The molecule has 0 aromatic heterocycles. The molecule has 4 N–H and O–H groups in total. The van der Waals surface area contributed by atoms with Gasteiger partial charge in [-0.3, -0.25) is 0 Å². The standard InChI is InChI=1S/C23H32O2.C21H28O2/c1-7-15(3)19-13-17(9-11-21(19)24)23(5,6)18-10-12-22(25)20(14-18)16(4)8-2;1-13(2)17-11-15(7-9-19(17)22)21(5,6)16-8-10-20(23)18(12-16)14(3)4/h9-16,24-25H,7-8H2,1-6H3;7-14,22-23H,1-6H3. The zero-order valence-electron chi connectivity index (χ0n) is 31.4. The first kappa shape index (κ1) is 38.5. The smallest absolute Gasteiger partial charge is 0.119 e. The van der Waals surface area contributed by atoms with Gasteiger partial charge in [0, 0.05) is 10.8 Å². The van der Waals surface area contributed by atoms with Gasteiger partial charge in [-0.15, -0.1) is 0 Å². The maximum atomic E-state index is 10.2. The van der Waals surface area contributed by atoms with E-state index in [1.807, 2.05) is 36.4 Å². The summed E-state index contributed by atoms with van der Waals surface area (Å²) in [5, 5.41) is 40.6. The van der Waals surface area contributed by atoms with Crippen molar-refractivity contribution in [2.45, 2.75) is 130 Å². The fraction of sp³-hybridized carbons (Fsp3) is 0.455. The van der Waals surface area contributed by atoms with E-state index in [0.717, 1.165) is 35.1 Å². The van der Waals surface area contributed by atoms with E-state index in [1.165, 1.54) is 22.3 Å². The highest BCUT2D eigenvalue weighted by Crippen LogP contribution is 2.40. The lowest BCUT2D eigenvalue weighted by Crippen LogP contribution is -2.19. The number of hydrogen-bond acceptors (Lipinski definition) is 4. The highest BCUT2D eigenvalue weighted by Gasteiger charge is 2.27. The summed E-state index contributed by atoms with van der Waals surface area (Å²) in [5.74, 6) is 2.66. The van der Waals surface area contributed by atoms with Crippen molar-refractivity contribution < 1.29 is 20.4 Å². The van der Waals surface area contributed by atoms with E-state index in [4.69, 9.17) is 0 Å². The van der Waals surface area contributed by atoms with Crippen LogP contribution in [0.2, 0.25) is 0 Å². The molecule has 0 saturated carbocycles. The van der Waals surface area contributed by atoms with Gasteiger partial charge in [0.25, 0.3) is 0 Å². The summed E-state index contributed by atoms with van der Waals surface area (Å²) in [6, 6.07) is 23.7. The van der Waals surface area contributed by atoms with E-state index in [0.29, 0.717) is 34.8 Å². The Labute approximate surface area is 290 Å². The van der Waals surface area contributed by atoms with Gasteiger partial charge in [-0.2, -0.15) is 0 Å². The molecule has 0 fully saturated rings. The van der Waals surface area contributed by atoms with Gasteiger partial charge in [0.05, 0.1) is 0 Å². The molecule has 4 nitrogen and oxygen atoms in total. The number of benzene rings is 4. The monoisotopic (exact) mass is 652 g/mol. The van der Waals surface area contributed by atoms with Crippen molar-refractivity contribution in [2.24, 2.45) is 0 Å². The molecule has 260 valence electrons. The maximum absolute atomic E-state index is 10.2. The molecule has 0 radical (unpaired) electrons. The van der Waals surface area contributed by atoms with Crippen molar-refractivity contribution in [3.05, 3.63) is 117 Å². The topological polar surface area (TPSA) is 80.9 Å². The van der Waals surface area contributed by atoms with Crippen LogP contribution in [0.25, 0.3) is 0 Å². The Morgan fingerprint density at radius 1 is 0.417 bits per heavy atom. The molecule has 0 spiro atoms. The first-order chi connectivity index (χ1) is 22.4. The molecule has 0 aliphatic rings. The van der Waals surface area contributed by atoms with Gasteiger partial charge in [-0.1, -0.05) is 132 Å². The summed E-state index contributed by atoms with van der Waals surface area (Å²) in [7, 11) is 0. The zero-order valence-corrected chi connectivity index (χ0v) is 31.4. The van der Waals surface area contributed by atoms with Crippen molar-refractivity contribution >= 4 is 0 Å². The molecular formula is C44H60O4. The van der Waals surface area contributed by atoms with Gasteiger partial charge < -0.3 is 20.4 Å². The molecule has 0 amide bonds. The Bertz CT molecular complexity index is 1560. The van der Waals surface area contributed by atoms with E-state index in [9.17, 15) is 20.4 Å². The second kappa shape index (κ2) is 15.5. The highest BCUT2D eigenvalue weighted by atomic mass is 16.3. The third-order valence-corrected chi connectivity index (χ3v) is 10.5. The minimum Gasteiger partial charge on any atom is -0.508 e. The van der Waals surface area contributed by atoms with Gasteiger partial charge >= 0.3 is 0 Å². The van der Waals surface area contributed by atoms with Crippen LogP contribution in [0.4, 0.5) is 0 Å². The number of phenolic OH excluding ortho intramolecular Hbond substituents is 4. The second-order valence-electron chi connectivity index (χ2n) is 15.3. The van der Waals surface area contributed by atoms with E-state index >= 15 is 0 Å². The Morgan fingerprint density at radius 2 is 0.646 bits per heavy atom. The molecule has 0 heterocycles. The van der Waals surface area contributed by atoms with Crippen LogP contribution in [-0.4, -0.2) is 20.4 Å². The van der Waals surface area contributed by atoms with Crippen LogP contribution >= 0.6 is 0 Å². The van der Waals surface area contributed by atoms with Crippen molar-refractivity contribution in [1.82, 2.24) is 0 Å². The average Bonchev–Trinajstić information content (AvgIpc) is 3.04. The van der Waals surface area contributed by atoms with Gasteiger partial charge in [0.1, 0.15) is 23.0 Å². The third-order valence-electron chi connectivity index (χ3n) is 10.5. The number of hydrogen-bond donors (Lipinski definition) is 4. The Balaban J connectivity index is 0.000000261. The fourth-order valence-corrected chi connectivity index (χ4v) is 6.26. The zero-order chi connectivity index (χ0) is 36.1. The largest absolute Gasteiger partial charge is 0.508 e. The van der Waals surface area contributed by atoms with Crippen LogP contribution in [0, 0.1) is 0 Å². The third kappa shape index (κ3) is 8.38. The Hall–Kier alpha value is -3.92. The molecule has 0 aliphatic heterocycles. The number of rotatable bonds is 10. The van der Waals surface area contributed by atoms with Crippen LogP contribution in [0.3, 0.4) is 0 Å². The molecule has 0 saturated heterocycles. The molecule has 4 heteroatoms. The predicted octanol–water partition coefficient (Wildman–Crippen LogP) is 12.1. The molecule has 48 heavy (non-hydrogen) atoms. The van der Waals surface area contributed by atoms with Crippen molar-refractivity contribution in [2.75, 3.05) is 0 Å². The molecule has 4 aromatic rings. The van der Waals surface area contributed by atoms with Crippen LogP contribution in [-0.2, 0) is 10.8 Å². The first-order valence-electron chi connectivity index (χ1n) is 17.7. The SMILES string of the molecule is CC(C)c1cc(C(C)(C)c2ccc(O)c(C(C)C)c2)ccc1O.CCC(C)c1cc(C(C)(C)c2ccc(O)c(C(C)CC)c2)ccc1O. The quantitative estimate of drug-likeness (QED) is 0.137. The summed E-state index contributed by atoms with van der Waals surface area (Å²) in [5.41, 5.74) is 8.25. The lowest BCUT2D eigenvalue weighted by atomic mass is 9.75. The maximum Gasteiger partial charge on any atom is 0.119 e. The van der Waals surface area contributed by atoms with Gasteiger partial charge in [-0.25, -0.2) is 0 Å². The minimum absolute atomic E-state index is 0.200. The van der Waals surface area contributed by atoms with Crippen LogP contribution in [0.15, 0.2) is 72.8 Å². The predicted molar refractivity (Wildman–Crippen MR) is 202 cm³/mol. The second-order valence-corrected chi connectivity index (χ2v) is 15.3. The Kier molecular flexibility index (Phi) is 12.5. The highest BCUT2D eigenvalue weighted by molar-refractivity contribution is 5.50. The average molecular weight is 653 g/mol. The lowest BCUT2D eigenvalue weighted by Gasteiger charge is -2.29. The summed E-state index contributed by atoms with van der Waals surface area (Å²) in [6.07, 6.45) is 1.99. The molecule has 0 bridgehead atoms. The summed E-state index contributed by atoms with van der Waals surface area (Å²) in [6.45, 7) is 25.7. The van der Waals surface area contributed by atoms with E-state index in [1.54, 1.807) is 12.1 Å². The Morgan fingerprint density at radius 3 is 0.875 bits per heavy atom. The van der Waals surface area contributed by atoms with Crippen LogP contribution in [0.5, 0.6) is 23.0 Å². The number of aromatic hydroxyl groups is 4. The molecule has 4 rings (SSSR count). The van der Waals surface area contributed by atoms with Gasteiger partial charge in [0.2, 0.25) is 0 Å². The summed E-state index contributed by atoms with van der Waals surface area (Å²) >= 11 is 0. The fourth-order valence-electron chi connectivity index (χ4n) is 6.26. The van der Waals surface area contributed by atoms with E-state index in [-0.39, 0.29) is 22.7 Å². The van der Waals surface area contributed by atoms with Crippen LogP contribution < -0.4 is 0 Å². The lowest BCUT2D eigenvalue weighted by molar-refractivity contribution is 0.459. The molecule has 2 unspecified atom stereocenters. The van der Waals surface area contributed by atoms with Gasteiger partial charge in [0.15, 0.2) is 0 Å². The molecular weight excluding hydrogens is 592 g/mol. The first-order valence-corrected chi connectivity index (χ1v) is 17.7. The number of phenols is 4. The van der Waals surface area contributed by atoms with Crippen molar-refractivity contribution in [1.29, 1.82) is 0 Å². The molecule has 2 atom stereocenters. The molecule has 4 aromatic carbocycles. The minimum atomic E-state index is -0.203. The summed E-state index contributed by atoms with van der Waals surface area (Å²) in [4.78, 5) is 0. The van der Waals surface area contributed by atoms with Crippen molar-refractivity contribution in [3.8, 4) is 23.0 Å². The van der Waals surface area contributed by atoms with Gasteiger partial charge in [-0.05, 0) is 105 Å². The van der Waals surface area contributed by atoms with Crippen molar-refractivity contribution in [3.63, 3.8) is 0 Å². The summed E-state index contributed by atoms with van der Waals surface area (Å²) < 4.78 is 0. The van der Waals surface area contributed by atoms with E-state index < -0.39 is 0 Å². The van der Waals surface area contributed by atoms with E-state index in [2.05, 4.69) is 107 Å². The molecule has 0 aliphatic carbocycles. The normalized spacial score (nSPS) is 13.3.